The summed E-state index contributed by atoms with van der Waals surface area (Å²) >= 11 is 0. The summed E-state index contributed by atoms with van der Waals surface area (Å²) < 4.78 is 5.41. The Morgan fingerprint density at radius 1 is 1.29 bits per heavy atom. The molecule has 0 bridgehead atoms. The van der Waals surface area contributed by atoms with Crippen molar-refractivity contribution in [3.05, 3.63) is 30.0 Å². The summed E-state index contributed by atoms with van der Waals surface area (Å²) in [7, 11) is 1.58. The van der Waals surface area contributed by atoms with E-state index in [4.69, 9.17) is 10.5 Å². The number of ether oxygens (including phenoxy) is 1. The number of aromatic amines is 1. The summed E-state index contributed by atoms with van der Waals surface area (Å²) in [4.78, 5) is 55.9. The zero-order valence-electron chi connectivity index (χ0n) is 19.8. The van der Waals surface area contributed by atoms with Crippen LogP contribution in [0.3, 0.4) is 0 Å². The maximum Gasteiger partial charge on any atom is 0.270 e. The normalized spacial score (nSPS) is 23.7. The van der Waals surface area contributed by atoms with Crippen LogP contribution in [0.15, 0.2) is 24.3 Å². The number of likely N-dealkylation sites (tertiary alicyclic amines) is 1. The van der Waals surface area contributed by atoms with Crippen LogP contribution in [0.4, 0.5) is 0 Å². The molecule has 5 rings (SSSR count). The van der Waals surface area contributed by atoms with Crippen LogP contribution in [-0.4, -0.2) is 65.8 Å². The molecule has 3 fully saturated rings. The van der Waals surface area contributed by atoms with E-state index in [1.807, 2.05) is 18.2 Å². The monoisotopic (exact) mass is 481 g/mol. The third-order valence-electron chi connectivity index (χ3n) is 7.82. The lowest BCUT2D eigenvalue weighted by atomic mass is 9.87. The predicted octanol–water partition coefficient (Wildman–Crippen LogP) is 1.06. The topological polar surface area (TPSA) is 147 Å². The number of methoxy groups -OCH3 is 1. The lowest BCUT2D eigenvalue weighted by molar-refractivity contribution is -0.132. The van der Waals surface area contributed by atoms with Crippen LogP contribution >= 0.6 is 0 Å². The first-order valence-electron chi connectivity index (χ1n) is 12.1. The van der Waals surface area contributed by atoms with Crippen molar-refractivity contribution in [3.63, 3.8) is 0 Å². The summed E-state index contributed by atoms with van der Waals surface area (Å²) in [6.45, 7) is 1.00. The molecule has 0 unspecified atom stereocenters. The van der Waals surface area contributed by atoms with Gasteiger partial charge in [0.25, 0.3) is 5.91 Å². The first kappa shape index (κ1) is 23.2. The number of primary amides is 1. The molecule has 0 radical (unpaired) electrons. The van der Waals surface area contributed by atoms with Crippen LogP contribution in [0.25, 0.3) is 10.9 Å². The van der Waals surface area contributed by atoms with Gasteiger partial charge < -0.3 is 31.0 Å². The SMILES string of the molecule is COc1cccc2[nH]c(C(=O)N3CCC4(CC4)C[C@H]3C(=O)N[C@@H](C[C@@H]3CCNC3=O)C(N)=O)cc12. The molecule has 1 aromatic heterocycles. The van der Waals surface area contributed by atoms with Gasteiger partial charge in [-0.15, -0.1) is 0 Å². The molecule has 2 saturated heterocycles. The Morgan fingerprint density at radius 2 is 2.09 bits per heavy atom. The third kappa shape index (κ3) is 4.44. The van der Waals surface area contributed by atoms with Crippen LogP contribution in [0.5, 0.6) is 5.75 Å². The number of carbonyl (C=O) groups excluding carboxylic acids is 4. The number of carbonyl (C=O) groups is 4. The van der Waals surface area contributed by atoms with Gasteiger partial charge in [0.15, 0.2) is 0 Å². The number of fused-ring (bicyclic) bond motifs is 1. The van der Waals surface area contributed by atoms with E-state index in [0.29, 0.717) is 37.4 Å². The zero-order valence-corrected chi connectivity index (χ0v) is 19.8. The molecule has 1 saturated carbocycles. The van der Waals surface area contributed by atoms with Gasteiger partial charge in [0, 0.05) is 29.9 Å². The highest BCUT2D eigenvalue weighted by molar-refractivity contribution is 6.02. The van der Waals surface area contributed by atoms with Gasteiger partial charge in [-0.2, -0.15) is 0 Å². The van der Waals surface area contributed by atoms with Crippen molar-refractivity contribution in [3.8, 4) is 5.75 Å². The summed E-state index contributed by atoms with van der Waals surface area (Å²) in [6, 6.07) is 5.60. The molecule has 10 heteroatoms. The number of aromatic nitrogens is 1. The third-order valence-corrected chi connectivity index (χ3v) is 7.82. The number of piperidine rings is 1. The summed E-state index contributed by atoms with van der Waals surface area (Å²) in [5.74, 6) is -1.21. The summed E-state index contributed by atoms with van der Waals surface area (Å²) in [6.07, 6.45) is 4.20. The van der Waals surface area contributed by atoms with Gasteiger partial charge >= 0.3 is 0 Å². The van der Waals surface area contributed by atoms with E-state index >= 15 is 0 Å². The standard InChI is InChI=1S/C25H31N5O5/c1-35-20-4-2-3-16-15(20)12-18(28-16)24(34)30-10-8-25(6-7-25)13-19(30)23(33)29-17(21(26)31)11-14-5-9-27-22(14)32/h2-4,12,14,17,19,28H,5-11,13H2,1H3,(H2,26,31)(H,27,32)(H,29,33)/t14-,17-,19-/m0/s1. The van der Waals surface area contributed by atoms with Gasteiger partial charge in [0.2, 0.25) is 17.7 Å². The van der Waals surface area contributed by atoms with Crippen molar-refractivity contribution < 1.29 is 23.9 Å². The molecule has 1 aliphatic carbocycles. The predicted molar refractivity (Wildman–Crippen MR) is 127 cm³/mol. The summed E-state index contributed by atoms with van der Waals surface area (Å²) in [5.41, 5.74) is 6.81. The number of H-pyrrole nitrogens is 1. The number of benzene rings is 1. The molecule has 1 aromatic carbocycles. The minimum Gasteiger partial charge on any atom is -0.496 e. The molecule has 2 aromatic rings. The highest BCUT2D eigenvalue weighted by atomic mass is 16.5. The van der Waals surface area contributed by atoms with Crippen molar-refractivity contribution in [1.82, 2.24) is 20.5 Å². The number of hydrogen-bond donors (Lipinski definition) is 4. The molecular weight excluding hydrogens is 450 g/mol. The maximum atomic E-state index is 13.6. The van der Waals surface area contributed by atoms with Gasteiger partial charge in [-0.1, -0.05) is 6.07 Å². The second kappa shape index (κ2) is 8.90. The molecule has 186 valence electrons. The van der Waals surface area contributed by atoms with E-state index in [1.54, 1.807) is 18.1 Å². The average molecular weight is 482 g/mol. The highest BCUT2D eigenvalue weighted by Gasteiger charge is 2.51. The van der Waals surface area contributed by atoms with E-state index < -0.39 is 23.9 Å². The Kier molecular flexibility index (Phi) is 5.90. The van der Waals surface area contributed by atoms with Crippen molar-refractivity contribution in [2.75, 3.05) is 20.2 Å². The van der Waals surface area contributed by atoms with Crippen LogP contribution in [0.1, 0.15) is 49.0 Å². The van der Waals surface area contributed by atoms with E-state index in [9.17, 15) is 19.2 Å². The molecule has 4 amide bonds. The second-order valence-electron chi connectivity index (χ2n) is 10.0. The number of amides is 4. The Labute approximate surface area is 202 Å². The Morgan fingerprint density at radius 3 is 2.74 bits per heavy atom. The van der Waals surface area contributed by atoms with Crippen molar-refractivity contribution in [1.29, 1.82) is 0 Å². The van der Waals surface area contributed by atoms with Gasteiger partial charge in [0.05, 0.1) is 7.11 Å². The van der Waals surface area contributed by atoms with Crippen LogP contribution < -0.4 is 21.1 Å². The number of rotatable bonds is 7. The molecule has 3 atom stereocenters. The molecule has 10 nitrogen and oxygen atoms in total. The molecule has 3 heterocycles. The lowest BCUT2D eigenvalue weighted by Crippen LogP contribution is -2.57. The second-order valence-corrected chi connectivity index (χ2v) is 10.0. The fraction of sp³-hybridized carbons (Fsp3) is 0.520. The van der Waals surface area contributed by atoms with E-state index in [1.165, 1.54) is 0 Å². The van der Waals surface area contributed by atoms with Crippen LogP contribution in [0, 0.1) is 11.3 Å². The summed E-state index contributed by atoms with van der Waals surface area (Å²) in [5, 5.41) is 6.29. The van der Waals surface area contributed by atoms with Gasteiger partial charge in [-0.05, 0) is 62.1 Å². The molecule has 35 heavy (non-hydrogen) atoms. The van der Waals surface area contributed by atoms with Gasteiger partial charge in [-0.25, -0.2) is 0 Å². The van der Waals surface area contributed by atoms with E-state index in [2.05, 4.69) is 15.6 Å². The minimum absolute atomic E-state index is 0.0794. The quantitative estimate of drug-likeness (QED) is 0.467. The number of nitrogens with one attached hydrogen (secondary N) is 3. The average Bonchev–Trinajstić information content (AvgIpc) is 3.25. The Balaban J connectivity index is 1.37. The van der Waals surface area contributed by atoms with Crippen molar-refractivity contribution in [2.45, 2.75) is 50.6 Å². The molecule has 5 N–H and O–H groups in total. The van der Waals surface area contributed by atoms with Crippen molar-refractivity contribution in [2.24, 2.45) is 17.1 Å². The first-order chi connectivity index (χ1) is 16.8. The molecule has 3 aliphatic rings. The largest absolute Gasteiger partial charge is 0.496 e. The Bertz CT molecular complexity index is 1190. The van der Waals surface area contributed by atoms with Crippen molar-refractivity contribution >= 4 is 34.5 Å². The van der Waals surface area contributed by atoms with E-state index in [0.717, 1.165) is 30.2 Å². The number of hydrogen-bond acceptors (Lipinski definition) is 5. The smallest absolute Gasteiger partial charge is 0.270 e. The van der Waals surface area contributed by atoms with Gasteiger partial charge in [-0.3, -0.25) is 19.2 Å². The molecule has 1 spiro atoms. The van der Waals surface area contributed by atoms with E-state index in [-0.39, 0.29) is 29.6 Å². The number of nitrogens with two attached hydrogens (primary N) is 1. The van der Waals surface area contributed by atoms with Crippen LogP contribution in [-0.2, 0) is 14.4 Å². The fourth-order valence-corrected chi connectivity index (χ4v) is 5.49. The van der Waals surface area contributed by atoms with Gasteiger partial charge in [0.1, 0.15) is 23.5 Å². The maximum absolute atomic E-state index is 13.6. The zero-order chi connectivity index (χ0) is 24.7. The molecule has 2 aliphatic heterocycles. The van der Waals surface area contributed by atoms with Crippen LogP contribution in [0.2, 0.25) is 0 Å². The highest BCUT2D eigenvalue weighted by Crippen LogP contribution is 2.55. The fourth-order valence-electron chi connectivity index (χ4n) is 5.49. The Hall–Kier alpha value is -3.56. The first-order valence-corrected chi connectivity index (χ1v) is 12.1. The number of nitrogens with zero attached hydrogens (tertiary/aromatic N) is 1. The lowest BCUT2D eigenvalue weighted by Gasteiger charge is -2.39. The minimum atomic E-state index is -0.970. The molecular formula is C25H31N5O5.